The molecule has 1 nitrogen and oxygen atoms in total. The minimum Gasteiger partial charge on any atom is -0.306 e. The first-order valence-corrected chi connectivity index (χ1v) is 8.12. The van der Waals surface area contributed by atoms with Crippen LogP contribution in [0.1, 0.15) is 30.5 Å². The van der Waals surface area contributed by atoms with Gasteiger partial charge < -0.3 is 5.32 Å². The molecule has 0 aliphatic heterocycles. The summed E-state index contributed by atoms with van der Waals surface area (Å²) in [5, 5.41) is 7.07. The molecule has 0 spiro atoms. The van der Waals surface area contributed by atoms with Crippen LogP contribution in [0.4, 0.5) is 4.39 Å². The van der Waals surface area contributed by atoms with Crippen molar-refractivity contribution in [1.29, 1.82) is 0 Å². The van der Waals surface area contributed by atoms with Gasteiger partial charge in [0.2, 0.25) is 0 Å². The Morgan fingerprint density at radius 1 is 1.10 bits per heavy atom. The fraction of sp³-hybridized carbons (Fsp3) is 0.222. The van der Waals surface area contributed by atoms with E-state index < -0.39 is 0 Å². The van der Waals surface area contributed by atoms with Crippen LogP contribution < -0.4 is 5.32 Å². The number of hydrogen-bond acceptors (Lipinski definition) is 2. The Hall–Kier alpha value is -1.71. The summed E-state index contributed by atoms with van der Waals surface area (Å²) in [6, 6.07) is 15.4. The fourth-order valence-corrected chi connectivity index (χ4v) is 3.56. The van der Waals surface area contributed by atoms with E-state index in [1.807, 2.05) is 12.1 Å². The van der Waals surface area contributed by atoms with E-state index in [1.54, 1.807) is 11.3 Å². The van der Waals surface area contributed by atoms with Crippen molar-refractivity contribution in [3.63, 3.8) is 0 Å². The van der Waals surface area contributed by atoms with Gasteiger partial charge in [0.15, 0.2) is 0 Å². The van der Waals surface area contributed by atoms with Crippen LogP contribution in [0.25, 0.3) is 10.1 Å². The average molecular weight is 299 g/mol. The number of thiophene rings is 1. The van der Waals surface area contributed by atoms with Gasteiger partial charge in [-0.1, -0.05) is 37.3 Å². The Labute approximate surface area is 128 Å². The summed E-state index contributed by atoms with van der Waals surface area (Å²) in [5.41, 5.74) is 2.38. The lowest BCUT2D eigenvalue weighted by Crippen LogP contribution is -2.22. The third kappa shape index (κ3) is 2.99. The Morgan fingerprint density at radius 2 is 1.86 bits per heavy atom. The third-order valence-corrected chi connectivity index (χ3v) is 4.61. The zero-order chi connectivity index (χ0) is 14.7. The second-order valence-electron chi connectivity index (χ2n) is 5.13. The first kappa shape index (κ1) is 14.2. The summed E-state index contributed by atoms with van der Waals surface area (Å²) in [6.45, 7) is 3.09. The molecule has 1 atom stereocenters. The molecule has 0 amide bonds. The summed E-state index contributed by atoms with van der Waals surface area (Å²) in [7, 11) is 0. The molecule has 3 heteroatoms. The maximum Gasteiger partial charge on any atom is 0.123 e. The van der Waals surface area contributed by atoms with Gasteiger partial charge in [-0.3, -0.25) is 0 Å². The molecule has 0 saturated heterocycles. The Morgan fingerprint density at radius 3 is 2.62 bits per heavy atom. The van der Waals surface area contributed by atoms with E-state index >= 15 is 0 Å². The van der Waals surface area contributed by atoms with E-state index in [4.69, 9.17) is 0 Å². The van der Waals surface area contributed by atoms with Crippen LogP contribution in [0.15, 0.2) is 53.9 Å². The molecule has 1 unspecified atom stereocenters. The Balaban J connectivity index is 2.04. The van der Waals surface area contributed by atoms with Crippen molar-refractivity contribution < 1.29 is 4.39 Å². The zero-order valence-electron chi connectivity index (χ0n) is 12.0. The van der Waals surface area contributed by atoms with Crippen LogP contribution in [0, 0.1) is 5.82 Å². The normalized spacial score (nSPS) is 12.7. The smallest absolute Gasteiger partial charge is 0.123 e. The molecule has 2 aromatic carbocycles. The van der Waals surface area contributed by atoms with Crippen molar-refractivity contribution in [3.05, 3.63) is 70.9 Å². The minimum atomic E-state index is -0.192. The molecule has 3 aromatic rings. The van der Waals surface area contributed by atoms with Gasteiger partial charge in [-0.05, 0) is 53.1 Å². The lowest BCUT2D eigenvalue weighted by molar-refractivity contribution is 0.596. The quantitative estimate of drug-likeness (QED) is 0.688. The molecule has 0 radical (unpaired) electrons. The Bertz CT molecular complexity index is 717. The van der Waals surface area contributed by atoms with E-state index in [9.17, 15) is 4.39 Å². The van der Waals surface area contributed by atoms with E-state index in [0.717, 1.165) is 18.5 Å². The highest BCUT2D eigenvalue weighted by Gasteiger charge is 2.17. The van der Waals surface area contributed by atoms with Crippen LogP contribution in [-0.2, 0) is 0 Å². The molecule has 0 bridgehead atoms. The molecule has 1 aromatic heterocycles. The lowest BCUT2D eigenvalue weighted by Gasteiger charge is -2.19. The van der Waals surface area contributed by atoms with Crippen molar-refractivity contribution in [1.82, 2.24) is 5.32 Å². The van der Waals surface area contributed by atoms with Gasteiger partial charge in [-0.15, -0.1) is 11.3 Å². The van der Waals surface area contributed by atoms with Crippen LogP contribution in [-0.4, -0.2) is 6.54 Å². The van der Waals surface area contributed by atoms with Crippen molar-refractivity contribution in [2.45, 2.75) is 19.4 Å². The summed E-state index contributed by atoms with van der Waals surface area (Å²) in [4.78, 5) is 0. The number of rotatable bonds is 5. The second kappa shape index (κ2) is 6.37. The predicted octanol–water partition coefficient (Wildman–Crippen LogP) is 5.13. The van der Waals surface area contributed by atoms with Gasteiger partial charge in [0.25, 0.3) is 0 Å². The number of halogens is 1. The molecule has 0 fully saturated rings. The Kier molecular flexibility index (Phi) is 4.32. The summed E-state index contributed by atoms with van der Waals surface area (Å²) in [5.74, 6) is -0.192. The molecule has 21 heavy (non-hydrogen) atoms. The fourth-order valence-electron chi connectivity index (χ4n) is 2.57. The van der Waals surface area contributed by atoms with Crippen LogP contribution >= 0.6 is 11.3 Å². The lowest BCUT2D eigenvalue weighted by atomic mass is 9.98. The molecule has 0 saturated carbocycles. The van der Waals surface area contributed by atoms with Crippen molar-refractivity contribution in [2.75, 3.05) is 6.54 Å². The molecular weight excluding hydrogens is 281 g/mol. The van der Waals surface area contributed by atoms with Gasteiger partial charge >= 0.3 is 0 Å². The van der Waals surface area contributed by atoms with E-state index in [2.05, 4.69) is 41.9 Å². The summed E-state index contributed by atoms with van der Waals surface area (Å²) >= 11 is 1.76. The largest absolute Gasteiger partial charge is 0.306 e. The monoisotopic (exact) mass is 299 g/mol. The number of nitrogens with one attached hydrogen (secondary N) is 1. The molecule has 0 aliphatic rings. The second-order valence-corrected chi connectivity index (χ2v) is 6.04. The molecule has 108 valence electrons. The highest BCUT2D eigenvalue weighted by atomic mass is 32.1. The molecular formula is C18H18FNS. The topological polar surface area (TPSA) is 12.0 Å². The summed E-state index contributed by atoms with van der Waals surface area (Å²) < 4.78 is 14.5. The van der Waals surface area contributed by atoms with Gasteiger partial charge in [0.1, 0.15) is 5.82 Å². The highest BCUT2D eigenvalue weighted by molar-refractivity contribution is 7.17. The number of fused-ring (bicyclic) bond motifs is 1. The average Bonchev–Trinajstić information content (AvgIpc) is 2.93. The predicted molar refractivity (Wildman–Crippen MR) is 88.4 cm³/mol. The van der Waals surface area contributed by atoms with Gasteiger partial charge in [-0.2, -0.15) is 0 Å². The SMILES string of the molecule is CCCNC(c1ccc(F)cc1)c1csc2ccccc12. The third-order valence-electron chi connectivity index (χ3n) is 3.62. The van der Waals surface area contributed by atoms with Crippen LogP contribution in [0.2, 0.25) is 0 Å². The molecule has 1 heterocycles. The van der Waals surface area contributed by atoms with Crippen molar-refractivity contribution >= 4 is 21.4 Å². The molecule has 1 N–H and O–H groups in total. The van der Waals surface area contributed by atoms with Crippen molar-refractivity contribution in [3.8, 4) is 0 Å². The molecule has 0 aliphatic carbocycles. The first-order chi connectivity index (χ1) is 10.3. The van der Waals surface area contributed by atoms with Crippen LogP contribution in [0.5, 0.6) is 0 Å². The maximum absolute atomic E-state index is 13.2. The van der Waals surface area contributed by atoms with Gasteiger partial charge in [0, 0.05) is 4.70 Å². The molecule has 3 rings (SSSR count). The maximum atomic E-state index is 13.2. The van der Waals surface area contributed by atoms with Gasteiger partial charge in [-0.25, -0.2) is 4.39 Å². The number of benzene rings is 2. The van der Waals surface area contributed by atoms with E-state index in [1.165, 1.54) is 27.8 Å². The van der Waals surface area contributed by atoms with E-state index in [0.29, 0.717) is 0 Å². The van der Waals surface area contributed by atoms with Gasteiger partial charge in [0.05, 0.1) is 6.04 Å². The first-order valence-electron chi connectivity index (χ1n) is 7.24. The standard InChI is InChI=1S/C18H18FNS/c1-2-11-20-18(13-7-9-14(19)10-8-13)16-12-21-17-6-4-3-5-15(16)17/h3-10,12,18,20H,2,11H2,1H3. The zero-order valence-corrected chi connectivity index (χ0v) is 12.8. The van der Waals surface area contributed by atoms with Crippen LogP contribution in [0.3, 0.4) is 0 Å². The highest BCUT2D eigenvalue weighted by Crippen LogP contribution is 2.33. The number of hydrogen-bond donors (Lipinski definition) is 1. The van der Waals surface area contributed by atoms with Crippen molar-refractivity contribution in [2.24, 2.45) is 0 Å². The minimum absolute atomic E-state index is 0.113. The van der Waals surface area contributed by atoms with E-state index in [-0.39, 0.29) is 11.9 Å². The summed E-state index contributed by atoms with van der Waals surface area (Å²) in [6.07, 6.45) is 1.07.